The summed E-state index contributed by atoms with van der Waals surface area (Å²) in [5.41, 5.74) is 0.691. The number of furan rings is 1. The summed E-state index contributed by atoms with van der Waals surface area (Å²) in [4.78, 5) is 24.6. The van der Waals surface area contributed by atoms with Crippen molar-refractivity contribution in [2.75, 3.05) is 17.4 Å². The average Bonchev–Trinajstić information content (AvgIpc) is 3.40. The second kappa shape index (κ2) is 8.05. The lowest BCUT2D eigenvalue weighted by Crippen LogP contribution is -2.15. The first-order valence-corrected chi connectivity index (χ1v) is 8.91. The number of hydrogen-bond donors (Lipinski definition) is 2. The SMILES string of the molecule is O=C(CCc1ccco1)Nc1cc(NC(=O)c2ccc3c(c2)OCO3)ccc1F. The van der Waals surface area contributed by atoms with Crippen LogP contribution in [0.3, 0.4) is 0 Å². The second-order valence-electron chi connectivity index (χ2n) is 6.34. The van der Waals surface area contributed by atoms with Crippen molar-refractivity contribution in [3.8, 4) is 11.5 Å². The number of hydrogen-bond acceptors (Lipinski definition) is 5. The van der Waals surface area contributed by atoms with Gasteiger partial charge in [-0.15, -0.1) is 0 Å². The monoisotopic (exact) mass is 396 g/mol. The van der Waals surface area contributed by atoms with Gasteiger partial charge in [0.1, 0.15) is 11.6 Å². The standard InChI is InChI=1S/C21H17FN2O5/c22-16-6-4-14(11-17(16)24-20(25)8-5-15-2-1-9-27-15)23-21(26)13-3-7-18-19(10-13)29-12-28-18/h1-4,6-7,9-11H,5,8,12H2,(H,23,26)(H,24,25). The fourth-order valence-corrected chi connectivity index (χ4v) is 2.84. The molecule has 0 saturated heterocycles. The summed E-state index contributed by atoms with van der Waals surface area (Å²) >= 11 is 0. The van der Waals surface area contributed by atoms with Gasteiger partial charge in [-0.2, -0.15) is 0 Å². The Kier molecular flexibility index (Phi) is 5.15. The lowest BCUT2D eigenvalue weighted by Gasteiger charge is -2.10. The molecule has 2 amide bonds. The number of amides is 2. The molecule has 1 aliphatic heterocycles. The van der Waals surface area contributed by atoms with E-state index >= 15 is 0 Å². The molecule has 0 fully saturated rings. The van der Waals surface area contributed by atoms with Crippen molar-refractivity contribution < 1.29 is 27.9 Å². The lowest BCUT2D eigenvalue weighted by molar-refractivity contribution is -0.116. The van der Waals surface area contributed by atoms with E-state index < -0.39 is 11.7 Å². The van der Waals surface area contributed by atoms with Gasteiger partial charge < -0.3 is 24.5 Å². The fourth-order valence-electron chi connectivity index (χ4n) is 2.84. The van der Waals surface area contributed by atoms with Crippen molar-refractivity contribution in [3.05, 3.63) is 71.9 Å². The van der Waals surface area contributed by atoms with Gasteiger partial charge in [0.15, 0.2) is 11.5 Å². The Balaban J connectivity index is 1.41. The average molecular weight is 396 g/mol. The molecule has 2 heterocycles. The number of ether oxygens (including phenoxy) is 2. The van der Waals surface area contributed by atoms with Crippen molar-refractivity contribution in [1.82, 2.24) is 0 Å². The number of aryl methyl sites for hydroxylation is 1. The van der Waals surface area contributed by atoms with Crippen LogP contribution in [0.1, 0.15) is 22.5 Å². The number of halogens is 1. The van der Waals surface area contributed by atoms with E-state index in [0.717, 1.165) is 0 Å². The van der Waals surface area contributed by atoms with E-state index in [1.54, 1.807) is 30.3 Å². The predicted octanol–water partition coefficient (Wildman–Crippen LogP) is 3.97. The first kappa shape index (κ1) is 18.5. The smallest absolute Gasteiger partial charge is 0.255 e. The summed E-state index contributed by atoms with van der Waals surface area (Å²) in [5, 5.41) is 5.19. The van der Waals surface area contributed by atoms with Crippen molar-refractivity contribution in [2.24, 2.45) is 0 Å². The Morgan fingerprint density at radius 2 is 1.86 bits per heavy atom. The molecule has 4 rings (SSSR count). The summed E-state index contributed by atoms with van der Waals surface area (Å²) in [5.74, 6) is 0.372. The first-order valence-electron chi connectivity index (χ1n) is 8.91. The highest BCUT2D eigenvalue weighted by Gasteiger charge is 2.17. The molecule has 0 bridgehead atoms. The quantitative estimate of drug-likeness (QED) is 0.658. The molecular weight excluding hydrogens is 379 g/mol. The summed E-state index contributed by atoms with van der Waals surface area (Å²) in [6.45, 7) is 0.112. The molecule has 0 atom stereocenters. The van der Waals surface area contributed by atoms with Crippen molar-refractivity contribution in [3.63, 3.8) is 0 Å². The third-order valence-corrected chi connectivity index (χ3v) is 4.31. The summed E-state index contributed by atoms with van der Waals surface area (Å²) in [7, 11) is 0. The molecule has 7 nitrogen and oxygen atoms in total. The van der Waals surface area contributed by atoms with Gasteiger partial charge in [0.2, 0.25) is 12.7 Å². The van der Waals surface area contributed by atoms with Crippen LogP contribution in [0.4, 0.5) is 15.8 Å². The molecule has 8 heteroatoms. The molecule has 0 saturated carbocycles. The van der Waals surface area contributed by atoms with Gasteiger partial charge >= 0.3 is 0 Å². The van der Waals surface area contributed by atoms with Crippen LogP contribution >= 0.6 is 0 Å². The molecule has 148 valence electrons. The van der Waals surface area contributed by atoms with Crippen molar-refractivity contribution >= 4 is 23.2 Å². The van der Waals surface area contributed by atoms with Gasteiger partial charge in [0, 0.05) is 24.1 Å². The number of carbonyl (C=O) groups excluding carboxylic acids is 2. The Hall–Kier alpha value is -3.81. The number of fused-ring (bicyclic) bond motifs is 1. The van der Waals surface area contributed by atoms with Crippen LogP contribution < -0.4 is 20.1 Å². The zero-order valence-electron chi connectivity index (χ0n) is 15.2. The number of carbonyl (C=O) groups is 2. The van der Waals surface area contributed by atoms with Gasteiger partial charge in [-0.05, 0) is 48.5 Å². The number of nitrogens with one attached hydrogen (secondary N) is 2. The Morgan fingerprint density at radius 3 is 2.69 bits per heavy atom. The van der Waals surface area contributed by atoms with Gasteiger partial charge in [0.05, 0.1) is 12.0 Å². The lowest BCUT2D eigenvalue weighted by atomic mass is 10.1. The van der Waals surface area contributed by atoms with Crippen LogP contribution in [0.15, 0.2) is 59.2 Å². The third kappa shape index (κ3) is 4.37. The van der Waals surface area contributed by atoms with E-state index in [4.69, 9.17) is 13.9 Å². The Labute approximate surface area is 165 Å². The molecule has 0 spiro atoms. The minimum Gasteiger partial charge on any atom is -0.469 e. The van der Waals surface area contributed by atoms with Crippen LogP contribution in [-0.4, -0.2) is 18.6 Å². The maximum absolute atomic E-state index is 14.1. The third-order valence-electron chi connectivity index (χ3n) is 4.31. The van der Waals surface area contributed by atoms with Crippen molar-refractivity contribution in [1.29, 1.82) is 0 Å². The summed E-state index contributed by atoms with van der Waals surface area (Å²) in [6.07, 6.45) is 2.07. The molecule has 0 unspecified atom stereocenters. The Bertz CT molecular complexity index is 1050. The van der Waals surface area contributed by atoms with Crippen molar-refractivity contribution in [2.45, 2.75) is 12.8 Å². The van der Waals surface area contributed by atoms with E-state index in [-0.39, 0.29) is 24.8 Å². The highest BCUT2D eigenvalue weighted by Crippen LogP contribution is 2.32. The maximum Gasteiger partial charge on any atom is 0.255 e. The van der Waals surface area contributed by atoms with E-state index in [9.17, 15) is 14.0 Å². The predicted molar refractivity (Wildman–Crippen MR) is 103 cm³/mol. The summed E-state index contributed by atoms with van der Waals surface area (Å²) < 4.78 is 29.7. The molecule has 3 aromatic rings. The number of benzene rings is 2. The second-order valence-corrected chi connectivity index (χ2v) is 6.34. The Morgan fingerprint density at radius 1 is 1.00 bits per heavy atom. The van der Waals surface area contributed by atoms with E-state index in [1.807, 2.05) is 0 Å². The summed E-state index contributed by atoms with van der Waals surface area (Å²) in [6, 6.07) is 12.3. The highest BCUT2D eigenvalue weighted by molar-refractivity contribution is 6.05. The molecule has 2 aromatic carbocycles. The first-order chi connectivity index (χ1) is 14.1. The van der Waals surface area contributed by atoms with Crippen LogP contribution in [0.25, 0.3) is 0 Å². The molecule has 2 N–H and O–H groups in total. The normalized spacial score (nSPS) is 11.9. The minimum absolute atomic E-state index is 0.0158. The van der Waals surface area contributed by atoms with Crippen LogP contribution in [0.2, 0.25) is 0 Å². The maximum atomic E-state index is 14.1. The zero-order chi connectivity index (χ0) is 20.2. The van der Waals surface area contributed by atoms with Gasteiger partial charge in [-0.3, -0.25) is 9.59 Å². The highest BCUT2D eigenvalue weighted by atomic mass is 19.1. The number of anilines is 2. The molecule has 29 heavy (non-hydrogen) atoms. The van der Waals surface area contributed by atoms with Crippen LogP contribution in [0.5, 0.6) is 11.5 Å². The van der Waals surface area contributed by atoms with E-state index in [1.165, 1.54) is 24.5 Å². The topological polar surface area (TPSA) is 89.8 Å². The molecular formula is C21H17FN2O5. The zero-order valence-corrected chi connectivity index (χ0v) is 15.2. The molecule has 1 aliphatic rings. The van der Waals surface area contributed by atoms with Crippen LogP contribution in [-0.2, 0) is 11.2 Å². The minimum atomic E-state index is -0.600. The van der Waals surface area contributed by atoms with Gasteiger partial charge in [-0.1, -0.05) is 0 Å². The number of rotatable bonds is 6. The van der Waals surface area contributed by atoms with Gasteiger partial charge in [0.25, 0.3) is 5.91 Å². The molecule has 0 radical (unpaired) electrons. The van der Waals surface area contributed by atoms with Gasteiger partial charge in [-0.25, -0.2) is 4.39 Å². The fraction of sp³-hybridized carbons (Fsp3) is 0.143. The largest absolute Gasteiger partial charge is 0.469 e. The molecule has 0 aliphatic carbocycles. The molecule has 1 aromatic heterocycles. The van der Waals surface area contributed by atoms with E-state index in [0.29, 0.717) is 34.9 Å². The van der Waals surface area contributed by atoms with Crippen LogP contribution in [0, 0.1) is 5.82 Å². The van der Waals surface area contributed by atoms with E-state index in [2.05, 4.69) is 10.6 Å².